The Morgan fingerprint density at radius 3 is 2.46 bits per heavy atom. The minimum absolute atomic E-state index is 0.0505. The van der Waals surface area contributed by atoms with Crippen LogP contribution in [0, 0.1) is 0 Å². The lowest BCUT2D eigenvalue weighted by Gasteiger charge is -2.11. The minimum Gasteiger partial charge on any atom is -0.497 e. The van der Waals surface area contributed by atoms with E-state index in [1.165, 1.54) is 5.56 Å². The van der Waals surface area contributed by atoms with Gasteiger partial charge in [-0.1, -0.05) is 18.2 Å². The molecule has 0 aliphatic carbocycles. The normalized spacial score (nSPS) is 10.3. The van der Waals surface area contributed by atoms with Crippen LogP contribution in [0.25, 0.3) is 0 Å². The van der Waals surface area contributed by atoms with E-state index in [4.69, 9.17) is 14.2 Å². The number of benzene rings is 2. The third-order valence-electron chi connectivity index (χ3n) is 3.95. The second-order valence-electron chi connectivity index (χ2n) is 5.74. The number of carbonyl (C=O) groups excluding carboxylic acids is 1. The number of hydrogen-bond acceptors (Lipinski definition) is 5. The molecule has 0 aliphatic heterocycles. The molecule has 2 aromatic rings. The molecular weight excluding hydrogens is 332 g/mol. The van der Waals surface area contributed by atoms with Gasteiger partial charge in [0.25, 0.3) is 0 Å². The van der Waals surface area contributed by atoms with E-state index in [-0.39, 0.29) is 12.5 Å². The third-order valence-corrected chi connectivity index (χ3v) is 3.95. The molecule has 0 saturated heterocycles. The first-order valence-electron chi connectivity index (χ1n) is 8.47. The Morgan fingerprint density at radius 1 is 0.923 bits per heavy atom. The maximum absolute atomic E-state index is 12.0. The Hall–Kier alpha value is -2.73. The van der Waals surface area contributed by atoms with E-state index < -0.39 is 0 Å². The van der Waals surface area contributed by atoms with Crippen LogP contribution in [0.5, 0.6) is 17.2 Å². The molecule has 2 rings (SSSR count). The molecule has 0 bridgehead atoms. The molecule has 0 saturated carbocycles. The summed E-state index contributed by atoms with van der Waals surface area (Å²) in [6, 6.07) is 13.5. The second kappa shape index (κ2) is 10.3. The zero-order valence-electron chi connectivity index (χ0n) is 15.5. The summed E-state index contributed by atoms with van der Waals surface area (Å²) in [4.78, 5) is 12.0. The van der Waals surface area contributed by atoms with Crippen LogP contribution in [0.1, 0.15) is 11.1 Å². The topological polar surface area (TPSA) is 68.8 Å². The predicted molar refractivity (Wildman–Crippen MR) is 101 cm³/mol. The van der Waals surface area contributed by atoms with Gasteiger partial charge in [-0.3, -0.25) is 4.79 Å². The first kappa shape index (κ1) is 19.6. The Kier molecular flexibility index (Phi) is 7.76. The van der Waals surface area contributed by atoms with Gasteiger partial charge in [-0.2, -0.15) is 0 Å². The minimum atomic E-state index is -0.0505. The lowest BCUT2D eigenvalue weighted by Crippen LogP contribution is -2.34. The molecule has 0 unspecified atom stereocenters. The highest BCUT2D eigenvalue weighted by molar-refractivity contribution is 5.78. The van der Waals surface area contributed by atoms with E-state index in [9.17, 15) is 4.79 Å². The zero-order valence-corrected chi connectivity index (χ0v) is 15.5. The summed E-state index contributed by atoms with van der Waals surface area (Å²) in [6.45, 7) is 1.44. The van der Waals surface area contributed by atoms with Gasteiger partial charge in [0.1, 0.15) is 5.75 Å². The van der Waals surface area contributed by atoms with Crippen LogP contribution in [0.2, 0.25) is 0 Å². The van der Waals surface area contributed by atoms with E-state index in [1.807, 2.05) is 42.5 Å². The standard InChI is InChI=1S/C20H26N2O4/c1-24-17-6-4-5-15(11-17)9-10-21-14-20(23)22-13-16-7-8-18(25-2)19(12-16)26-3/h4-8,11-12,21H,9-10,13-14H2,1-3H3,(H,22,23). The second-order valence-corrected chi connectivity index (χ2v) is 5.74. The first-order valence-corrected chi connectivity index (χ1v) is 8.47. The van der Waals surface area contributed by atoms with E-state index in [2.05, 4.69) is 10.6 Å². The molecule has 0 aliphatic rings. The molecular formula is C20H26N2O4. The molecule has 2 aromatic carbocycles. The third kappa shape index (κ3) is 5.97. The highest BCUT2D eigenvalue weighted by Gasteiger charge is 2.06. The quantitative estimate of drug-likeness (QED) is 0.637. The Morgan fingerprint density at radius 2 is 1.73 bits per heavy atom. The van der Waals surface area contributed by atoms with Crippen LogP contribution in [0.3, 0.4) is 0 Å². The van der Waals surface area contributed by atoms with Crippen molar-refractivity contribution in [2.45, 2.75) is 13.0 Å². The van der Waals surface area contributed by atoms with Crippen LogP contribution < -0.4 is 24.8 Å². The van der Waals surface area contributed by atoms with Gasteiger partial charge < -0.3 is 24.8 Å². The fourth-order valence-electron chi connectivity index (χ4n) is 2.52. The fraction of sp³-hybridized carbons (Fsp3) is 0.350. The number of carbonyl (C=O) groups is 1. The summed E-state index contributed by atoms with van der Waals surface area (Å²) in [5.74, 6) is 2.11. The summed E-state index contributed by atoms with van der Waals surface area (Å²) in [5.41, 5.74) is 2.12. The number of nitrogens with one attached hydrogen (secondary N) is 2. The number of rotatable bonds is 10. The molecule has 6 nitrogen and oxygen atoms in total. The van der Waals surface area contributed by atoms with Crippen molar-refractivity contribution in [1.82, 2.24) is 10.6 Å². The summed E-state index contributed by atoms with van der Waals surface area (Å²) in [6.07, 6.45) is 0.833. The Labute approximate surface area is 154 Å². The van der Waals surface area contributed by atoms with Crippen molar-refractivity contribution >= 4 is 5.91 Å². The molecule has 0 aromatic heterocycles. The first-order chi connectivity index (χ1) is 12.7. The number of ether oxygens (including phenoxy) is 3. The summed E-state index contributed by atoms with van der Waals surface area (Å²) < 4.78 is 15.7. The number of hydrogen-bond donors (Lipinski definition) is 2. The van der Waals surface area contributed by atoms with Crippen molar-refractivity contribution in [3.05, 3.63) is 53.6 Å². The average molecular weight is 358 g/mol. The molecule has 0 heterocycles. The monoisotopic (exact) mass is 358 g/mol. The van der Waals surface area contributed by atoms with Gasteiger partial charge >= 0.3 is 0 Å². The molecule has 6 heteroatoms. The summed E-state index contributed by atoms with van der Waals surface area (Å²) >= 11 is 0. The van der Waals surface area contributed by atoms with Gasteiger partial charge in [-0.25, -0.2) is 0 Å². The fourth-order valence-corrected chi connectivity index (χ4v) is 2.52. The Bertz CT molecular complexity index is 719. The van der Waals surface area contributed by atoms with Crippen LogP contribution in [0.4, 0.5) is 0 Å². The molecule has 2 N–H and O–H groups in total. The van der Waals surface area contributed by atoms with Gasteiger partial charge in [0.05, 0.1) is 27.9 Å². The van der Waals surface area contributed by atoms with Gasteiger partial charge in [-0.05, 0) is 48.4 Å². The van der Waals surface area contributed by atoms with Gasteiger partial charge in [-0.15, -0.1) is 0 Å². The predicted octanol–water partition coefficient (Wildman–Crippen LogP) is 2.16. The highest BCUT2D eigenvalue weighted by atomic mass is 16.5. The van der Waals surface area contributed by atoms with Crippen molar-refractivity contribution < 1.29 is 19.0 Å². The molecule has 0 radical (unpaired) electrons. The van der Waals surface area contributed by atoms with E-state index in [0.717, 1.165) is 24.3 Å². The van der Waals surface area contributed by atoms with Gasteiger partial charge in [0.15, 0.2) is 11.5 Å². The molecule has 26 heavy (non-hydrogen) atoms. The van der Waals surface area contributed by atoms with E-state index in [0.29, 0.717) is 18.0 Å². The molecule has 140 valence electrons. The lowest BCUT2D eigenvalue weighted by atomic mass is 10.1. The van der Waals surface area contributed by atoms with Crippen molar-refractivity contribution in [3.63, 3.8) is 0 Å². The van der Waals surface area contributed by atoms with Crippen molar-refractivity contribution in [1.29, 1.82) is 0 Å². The van der Waals surface area contributed by atoms with Crippen molar-refractivity contribution in [2.75, 3.05) is 34.4 Å². The smallest absolute Gasteiger partial charge is 0.234 e. The Balaban J connectivity index is 1.70. The maximum atomic E-state index is 12.0. The van der Waals surface area contributed by atoms with E-state index in [1.54, 1.807) is 21.3 Å². The number of amides is 1. The summed E-state index contributed by atoms with van der Waals surface area (Å²) in [7, 11) is 4.84. The van der Waals surface area contributed by atoms with Crippen LogP contribution in [-0.2, 0) is 17.8 Å². The lowest BCUT2D eigenvalue weighted by molar-refractivity contribution is -0.120. The largest absolute Gasteiger partial charge is 0.497 e. The highest BCUT2D eigenvalue weighted by Crippen LogP contribution is 2.27. The van der Waals surface area contributed by atoms with Gasteiger partial charge in [0, 0.05) is 6.54 Å². The molecule has 0 fully saturated rings. The molecule has 1 amide bonds. The average Bonchev–Trinajstić information content (AvgIpc) is 2.69. The molecule has 0 atom stereocenters. The van der Waals surface area contributed by atoms with Gasteiger partial charge in [0.2, 0.25) is 5.91 Å². The summed E-state index contributed by atoms with van der Waals surface area (Å²) in [5, 5.41) is 6.04. The van der Waals surface area contributed by atoms with Crippen molar-refractivity contribution in [3.8, 4) is 17.2 Å². The van der Waals surface area contributed by atoms with Crippen LogP contribution >= 0.6 is 0 Å². The number of methoxy groups -OCH3 is 3. The van der Waals surface area contributed by atoms with Crippen LogP contribution in [-0.4, -0.2) is 40.3 Å². The van der Waals surface area contributed by atoms with Crippen LogP contribution in [0.15, 0.2) is 42.5 Å². The van der Waals surface area contributed by atoms with Crippen molar-refractivity contribution in [2.24, 2.45) is 0 Å². The molecule has 0 spiro atoms. The maximum Gasteiger partial charge on any atom is 0.234 e. The van der Waals surface area contributed by atoms with E-state index >= 15 is 0 Å². The SMILES string of the molecule is COc1cccc(CCNCC(=O)NCc2ccc(OC)c(OC)c2)c1. The zero-order chi connectivity index (χ0) is 18.8.